The molecule has 122 valence electrons. The smallest absolute Gasteiger partial charge is 0.169 e. The Morgan fingerprint density at radius 1 is 1.22 bits per heavy atom. The fourth-order valence-corrected chi connectivity index (χ4v) is 2.45. The number of aromatic nitrogens is 1. The molecule has 2 rings (SSSR count). The van der Waals surface area contributed by atoms with E-state index in [4.69, 9.17) is 28.6 Å². The zero-order valence-electron chi connectivity index (χ0n) is 13.0. The van der Waals surface area contributed by atoms with Crippen molar-refractivity contribution >= 4 is 28.9 Å². The van der Waals surface area contributed by atoms with Crippen molar-refractivity contribution < 1.29 is 4.74 Å². The third-order valence-electron chi connectivity index (χ3n) is 3.25. The quantitative estimate of drug-likeness (QED) is 0.613. The number of nitrogens with one attached hydrogen (secondary N) is 1. The summed E-state index contributed by atoms with van der Waals surface area (Å²) in [6.45, 7) is 2.68. The molecule has 0 unspecified atom stereocenters. The first-order valence-corrected chi connectivity index (χ1v) is 8.12. The second-order valence-corrected chi connectivity index (χ2v) is 5.89. The van der Waals surface area contributed by atoms with Crippen molar-refractivity contribution in [3.05, 3.63) is 64.9 Å². The van der Waals surface area contributed by atoms with Gasteiger partial charge in [0, 0.05) is 44.2 Å². The van der Waals surface area contributed by atoms with Gasteiger partial charge in [-0.05, 0) is 41.5 Å². The number of hydrogen-bond donors (Lipinski definition) is 1. The first kappa shape index (κ1) is 17.7. The molecule has 23 heavy (non-hydrogen) atoms. The summed E-state index contributed by atoms with van der Waals surface area (Å²) in [5.74, 6) is 0. The topological polar surface area (TPSA) is 37.4 Å². The van der Waals surface area contributed by atoms with E-state index in [1.54, 1.807) is 13.3 Å². The number of nitrogens with zero attached hydrogens (tertiary/aromatic N) is 2. The molecule has 0 saturated heterocycles. The molecule has 1 aromatic carbocycles. The zero-order valence-corrected chi connectivity index (χ0v) is 14.6. The highest BCUT2D eigenvalue weighted by Crippen LogP contribution is 2.13. The minimum absolute atomic E-state index is 0.613. The molecule has 0 aliphatic carbocycles. The van der Waals surface area contributed by atoms with Gasteiger partial charge in [0.15, 0.2) is 5.11 Å². The van der Waals surface area contributed by atoms with E-state index < -0.39 is 0 Å². The van der Waals surface area contributed by atoms with E-state index in [-0.39, 0.29) is 0 Å². The van der Waals surface area contributed by atoms with Crippen molar-refractivity contribution in [2.24, 2.45) is 0 Å². The molecule has 0 atom stereocenters. The third kappa shape index (κ3) is 6.14. The molecule has 0 saturated carbocycles. The van der Waals surface area contributed by atoms with Crippen LogP contribution >= 0.6 is 23.8 Å². The van der Waals surface area contributed by atoms with Gasteiger partial charge in [-0.1, -0.05) is 29.8 Å². The average Bonchev–Trinajstić information content (AvgIpc) is 2.57. The molecule has 0 aliphatic rings. The Bertz CT molecular complexity index is 607. The normalized spacial score (nSPS) is 10.3. The maximum Gasteiger partial charge on any atom is 0.169 e. The van der Waals surface area contributed by atoms with Gasteiger partial charge in [-0.2, -0.15) is 0 Å². The van der Waals surface area contributed by atoms with Crippen LogP contribution in [0.4, 0.5) is 0 Å². The second-order valence-electron chi connectivity index (χ2n) is 5.07. The van der Waals surface area contributed by atoms with Crippen molar-refractivity contribution in [1.82, 2.24) is 15.2 Å². The summed E-state index contributed by atoms with van der Waals surface area (Å²) >= 11 is 11.5. The Hall–Kier alpha value is -1.69. The van der Waals surface area contributed by atoms with Gasteiger partial charge in [-0.15, -0.1) is 0 Å². The Balaban J connectivity index is 2.06. The van der Waals surface area contributed by atoms with E-state index in [9.17, 15) is 0 Å². The van der Waals surface area contributed by atoms with Gasteiger partial charge < -0.3 is 15.0 Å². The van der Waals surface area contributed by atoms with Crippen molar-refractivity contribution in [3.63, 3.8) is 0 Å². The summed E-state index contributed by atoms with van der Waals surface area (Å²) in [6, 6.07) is 11.8. The predicted octanol–water partition coefficient (Wildman–Crippen LogP) is 3.26. The molecule has 0 spiro atoms. The summed E-state index contributed by atoms with van der Waals surface area (Å²) < 4.78 is 5.06. The number of methoxy groups -OCH3 is 1. The molecule has 0 fully saturated rings. The van der Waals surface area contributed by atoms with Crippen LogP contribution in [-0.4, -0.2) is 35.3 Å². The molecule has 4 nitrogen and oxygen atoms in total. The standard InChI is InChI=1S/C17H20ClN3OS/c1-22-10-9-20-17(23)21(13-15-3-2-8-19-11-15)12-14-4-6-16(18)7-5-14/h2-8,11H,9-10,12-13H2,1H3,(H,20,23). The lowest BCUT2D eigenvalue weighted by molar-refractivity contribution is 0.202. The molecular formula is C17H20ClN3OS. The first-order chi connectivity index (χ1) is 11.2. The van der Waals surface area contributed by atoms with E-state index in [0.717, 1.165) is 16.1 Å². The van der Waals surface area contributed by atoms with Gasteiger partial charge in [0.1, 0.15) is 0 Å². The van der Waals surface area contributed by atoms with Gasteiger partial charge in [-0.3, -0.25) is 4.98 Å². The number of thiocarbonyl (C=S) groups is 1. The molecule has 0 bridgehead atoms. The van der Waals surface area contributed by atoms with E-state index in [2.05, 4.69) is 15.2 Å². The monoisotopic (exact) mass is 349 g/mol. The van der Waals surface area contributed by atoms with Crippen LogP contribution in [0.15, 0.2) is 48.8 Å². The van der Waals surface area contributed by atoms with Crippen LogP contribution in [0.1, 0.15) is 11.1 Å². The Morgan fingerprint density at radius 3 is 2.61 bits per heavy atom. The summed E-state index contributed by atoms with van der Waals surface area (Å²) in [7, 11) is 1.67. The van der Waals surface area contributed by atoms with Gasteiger partial charge >= 0.3 is 0 Å². The number of hydrogen-bond acceptors (Lipinski definition) is 3. The lowest BCUT2D eigenvalue weighted by atomic mass is 10.2. The molecule has 1 heterocycles. The molecule has 2 aromatic rings. The van der Waals surface area contributed by atoms with Crippen LogP contribution in [-0.2, 0) is 17.8 Å². The van der Waals surface area contributed by atoms with Gasteiger partial charge in [0.2, 0.25) is 0 Å². The average molecular weight is 350 g/mol. The van der Waals surface area contributed by atoms with Crippen LogP contribution in [0.3, 0.4) is 0 Å². The summed E-state index contributed by atoms with van der Waals surface area (Å²) in [5.41, 5.74) is 2.26. The SMILES string of the molecule is COCCNC(=S)N(Cc1ccc(Cl)cc1)Cc1cccnc1. The van der Waals surface area contributed by atoms with Crippen LogP contribution in [0.25, 0.3) is 0 Å². The van der Waals surface area contributed by atoms with Crippen LogP contribution in [0.2, 0.25) is 5.02 Å². The predicted molar refractivity (Wildman–Crippen MR) is 97.4 cm³/mol. The highest BCUT2D eigenvalue weighted by molar-refractivity contribution is 7.80. The molecule has 6 heteroatoms. The molecule has 0 aliphatic heterocycles. The number of halogens is 1. The van der Waals surface area contributed by atoms with Crippen molar-refractivity contribution in [2.75, 3.05) is 20.3 Å². The molecular weight excluding hydrogens is 330 g/mol. The van der Waals surface area contributed by atoms with E-state index >= 15 is 0 Å². The van der Waals surface area contributed by atoms with Crippen molar-refractivity contribution in [1.29, 1.82) is 0 Å². The Morgan fingerprint density at radius 2 is 1.96 bits per heavy atom. The Kier molecular flexibility index (Phi) is 7.26. The van der Waals surface area contributed by atoms with Gasteiger partial charge in [0.05, 0.1) is 6.61 Å². The van der Waals surface area contributed by atoms with Gasteiger partial charge in [-0.25, -0.2) is 0 Å². The lowest BCUT2D eigenvalue weighted by Gasteiger charge is -2.26. The second kappa shape index (κ2) is 9.45. The molecule has 1 aromatic heterocycles. The van der Waals surface area contributed by atoms with Crippen LogP contribution in [0.5, 0.6) is 0 Å². The number of benzene rings is 1. The van der Waals surface area contributed by atoms with E-state index in [0.29, 0.717) is 31.4 Å². The zero-order chi connectivity index (χ0) is 16.5. The summed E-state index contributed by atoms with van der Waals surface area (Å²) in [4.78, 5) is 6.27. The largest absolute Gasteiger partial charge is 0.383 e. The van der Waals surface area contributed by atoms with Crippen molar-refractivity contribution in [2.45, 2.75) is 13.1 Å². The van der Waals surface area contributed by atoms with Gasteiger partial charge in [0.25, 0.3) is 0 Å². The molecule has 1 N–H and O–H groups in total. The lowest BCUT2D eigenvalue weighted by Crippen LogP contribution is -2.40. The van der Waals surface area contributed by atoms with Crippen LogP contribution in [0, 0.1) is 0 Å². The van der Waals surface area contributed by atoms with E-state index in [1.807, 2.05) is 42.6 Å². The van der Waals surface area contributed by atoms with Crippen LogP contribution < -0.4 is 5.32 Å². The third-order valence-corrected chi connectivity index (χ3v) is 3.91. The van der Waals surface area contributed by atoms with Crippen molar-refractivity contribution in [3.8, 4) is 0 Å². The van der Waals surface area contributed by atoms with E-state index in [1.165, 1.54) is 0 Å². The number of rotatable bonds is 7. The fraction of sp³-hybridized carbons (Fsp3) is 0.294. The summed E-state index contributed by atoms with van der Waals surface area (Å²) in [6.07, 6.45) is 3.62. The fourth-order valence-electron chi connectivity index (χ4n) is 2.09. The first-order valence-electron chi connectivity index (χ1n) is 7.34. The number of pyridine rings is 1. The summed E-state index contributed by atoms with van der Waals surface area (Å²) in [5, 5.41) is 4.65. The Labute approximate surface area is 147 Å². The highest BCUT2D eigenvalue weighted by atomic mass is 35.5. The molecule has 0 radical (unpaired) electrons. The molecule has 0 amide bonds. The highest BCUT2D eigenvalue weighted by Gasteiger charge is 2.11. The maximum absolute atomic E-state index is 5.95. The maximum atomic E-state index is 5.95. The number of ether oxygens (including phenoxy) is 1. The minimum atomic E-state index is 0.613. The minimum Gasteiger partial charge on any atom is -0.383 e.